The normalized spacial score (nSPS) is 10.7. The molecule has 0 saturated heterocycles. The van der Waals surface area contributed by atoms with Gasteiger partial charge in [0, 0.05) is 17.7 Å². The topological polar surface area (TPSA) is 144 Å². The van der Waals surface area contributed by atoms with Crippen molar-refractivity contribution in [3.8, 4) is 17.1 Å². The van der Waals surface area contributed by atoms with Crippen LogP contribution in [0.3, 0.4) is 0 Å². The summed E-state index contributed by atoms with van der Waals surface area (Å²) in [6.45, 7) is 1.99. The quantitative estimate of drug-likeness (QED) is 0.256. The first-order valence-electron chi connectivity index (χ1n) is 9.07. The minimum absolute atomic E-state index is 0.268. The fourth-order valence-corrected chi connectivity index (χ4v) is 2.63. The van der Waals surface area contributed by atoms with Gasteiger partial charge in [0.05, 0.1) is 28.9 Å². The number of nitro benzene ring substituents is 1. The number of carbonyl (C=O) groups excluding carboxylic acids is 2. The number of furan rings is 1. The van der Waals surface area contributed by atoms with Gasteiger partial charge in [-0.05, 0) is 37.3 Å². The van der Waals surface area contributed by atoms with Crippen molar-refractivity contribution >= 4 is 23.8 Å². The van der Waals surface area contributed by atoms with Crippen molar-refractivity contribution in [3.05, 3.63) is 81.6 Å². The number of nitrogens with one attached hydrogen (secondary N) is 1. The van der Waals surface area contributed by atoms with E-state index in [-0.39, 0.29) is 17.9 Å². The summed E-state index contributed by atoms with van der Waals surface area (Å²) in [6, 6.07) is 13.1. The Bertz CT molecular complexity index is 1170. The van der Waals surface area contributed by atoms with E-state index < -0.39 is 22.5 Å². The Morgan fingerprint density at radius 2 is 2.03 bits per heavy atom. The lowest BCUT2D eigenvalue weighted by Gasteiger charge is -2.03. The number of hydrogen-bond acceptors (Lipinski definition) is 8. The fraction of sp³-hybridized carbons (Fsp3) is 0.0952. The molecule has 0 fully saturated rings. The molecule has 2 N–H and O–H groups in total. The van der Waals surface area contributed by atoms with Crippen LogP contribution in [0.25, 0.3) is 11.3 Å². The standard InChI is InChI=1S/C21H17N3O7/c1-2-30-21(27)14-5-3-4-13(10-14)19-9-7-16(31-19)12-22-23-20(26)17-11-15(24(28)29)6-8-18(17)25/h3-12,25H,2H2,1H3,(H,23,26)/b22-12+. The number of amides is 1. The summed E-state index contributed by atoms with van der Waals surface area (Å²) < 4.78 is 10.6. The van der Waals surface area contributed by atoms with Crippen molar-refractivity contribution in [2.75, 3.05) is 6.61 Å². The summed E-state index contributed by atoms with van der Waals surface area (Å²) in [6.07, 6.45) is 1.23. The molecular weight excluding hydrogens is 406 g/mol. The second-order valence-corrected chi connectivity index (χ2v) is 6.16. The molecule has 0 spiro atoms. The zero-order valence-corrected chi connectivity index (χ0v) is 16.3. The molecule has 1 amide bonds. The molecule has 10 heteroatoms. The minimum atomic E-state index is -0.827. The number of benzene rings is 2. The molecule has 3 aromatic rings. The molecule has 10 nitrogen and oxygen atoms in total. The molecule has 0 unspecified atom stereocenters. The maximum Gasteiger partial charge on any atom is 0.338 e. The Hall–Kier alpha value is -4.47. The van der Waals surface area contributed by atoms with Gasteiger partial charge in [-0.25, -0.2) is 10.2 Å². The number of nitrogens with zero attached hydrogens (tertiary/aromatic N) is 2. The smallest absolute Gasteiger partial charge is 0.338 e. The Morgan fingerprint density at radius 1 is 1.23 bits per heavy atom. The van der Waals surface area contributed by atoms with Gasteiger partial charge in [-0.2, -0.15) is 5.10 Å². The van der Waals surface area contributed by atoms with Crippen LogP contribution in [0.15, 0.2) is 64.1 Å². The zero-order chi connectivity index (χ0) is 22.4. The number of phenolic OH excluding ortho intramolecular Hbond substituents is 1. The molecule has 0 radical (unpaired) electrons. The van der Waals surface area contributed by atoms with E-state index in [9.17, 15) is 24.8 Å². The van der Waals surface area contributed by atoms with Gasteiger partial charge < -0.3 is 14.3 Å². The number of aromatic hydroxyl groups is 1. The highest BCUT2D eigenvalue weighted by molar-refractivity contribution is 5.98. The molecule has 1 aromatic heterocycles. The van der Waals surface area contributed by atoms with Crippen molar-refractivity contribution in [1.29, 1.82) is 0 Å². The predicted octanol–water partition coefficient (Wildman–Crippen LogP) is 3.50. The third-order valence-electron chi connectivity index (χ3n) is 4.08. The lowest BCUT2D eigenvalue weighted by molar-refractivity contribution is -0.384. The van der Waals surface area contributed by atoms with E-state index in [2.05, 4.69) is 10.5 Å². The van der Waals surface area contributed by atoms with Gasteiger partial charge in [0.1, 0.15) is 17.3 Å². The van der Waals surface area contributed by atoms with Crippen LogP contribution >= 0.6 is 0 Å². The van der Waals surface area contributed by atoms with Crippen LogP contribution in [0.4, 0.5) is 5.69 Å². The summed E-state index contributed by atoms with van der Waals surface area (Å²) >= 11 is 0. The molecule has 1 heterocycles. The van der Waals surface area contributed by atoms with Crippen molar-refractivity contribution in [2.45, 2.75) is 6.92 Å². The monoisotopic (exact) mass is 423 g/mol. The second kappa shape index (κ2) is 9.35. The molecule has 31 heavy (non-hydrogen) atoms. The van der Waals surface area contributed by atoms with Crippen LogP contribution in [0.2, 0.25) is 0 Å². The third-order valence-corrected chi connectivity index (χ3v) is 4.08. The van der Waals surface area contributed by atoms with E-state index in [1.807, 2.05) is 0 Å². The number of nitro groups is 1. The van der Waals surface area contributed by atoms with Gasteiger partial charge in [0.15, 0.2) is 0 Å². The second-order valence-electron chi connectivity index (χ2n) is 6.16. The number of esters is 1. The van der Waals surface area contributed by atoms with Gasteiger partial charge in [-0.3, -0.25) is 14.9 Å². The van der Waals surface area contributed by atoms with E-state index >= 15 is 0 Å². The highest BCUT2D eigenvalue weighted by Gasteiger charge is 2.16. The average Bonchev–Trinajstić information content (AvgIpc) is 3.23. The molecular formula is C21H17N3O7. The Labute approximate surface area is 175 Å². The highest BCUT2D eigenvalue weighted by atomic mass is 16.6. The molecule has 0 aliphatic heterocycles. The van der Waals surface area contributed by atoms with Crippen molar-refractivity contribution in [3.63, 3.8) is 0 Å². The minimum Gasteiger partial charge on any atom is -0.507 e. The lowest BCUT2D eigenvalue weighted by atomic mass is 10.1. The average molecular weight is 423 g/mol. The molecule has 0 aliphatic carbocycles. The van der Waals surface area contributed by atoms with E-state index in [1.165, 1.54) is 6.21 Å². The third kappa shape index (κ3) is 5.12. The first kappa shape index (κ1) is 21.2. The van der Waals surface area contributed by atoms with Gasteiger partial charge in [0.25, 0.3) is 11.6 Å². The van der Waals surface area contributed by atoms with Gasteiger partial charge in [-0.15, -0.1) is 0 Å². The van der Waals surface area contributed by atoms with E-state index in [4.69, 9.17) is 9.15 Å². The predicted molar refractivity (Wildman–Crippen MR) is 110 cm³/mol. The van der Waals surface area contributed by atoms with Crippen molar-refractivity contribution < 1.29 is 28.8 Å². The maximum absolute atomic E-state index is 12.1. The molecule has 3 rings (SSSR count). The molecule has 0 aliphatic rings. The number of hydrogen-bond donors (Lipinski definition) is 2. The van der Waals surface area contributed by atoms with Crippen molar-refractivity contribution in [2.24, 2.45) is 5.10 Å². The van der Waals surface area contributed by atoms with E-state index in [0.717, 1.165) is 18.2 Å². The summed E-state index contributed by atoms with van der Waals surface area (Å²) in [5.74, 6) is -0.911. The van der Waals surface area contributed by atoms with Crippen molar-refractivity contribution in [1.82, 2.24) is 5.43 Å². The fourth-order valence-electron chi connectivity index (χ4n) is 2.63. The van der Waals surface area contributed by atoms with Gasteiger partial charge in [0.2, 0.25) is 0 Å². The molecule has 2 aromatic carbocycles. The largest absolute Gasteiger partial charge is 0.507 e. The van der Waals surface area contributed by atoms with E-state index in [0.29, 0.717) is 22.6 Å². The SMILES string of the molecule is CCOC(=O)c1cccc(-c2ccc(/C=N/NC(=O)c3cc([N+](=O)[O-])ccc3O)o2)c1. The number of non-ortho nitro benzene ring substituents is 1. The number of carbonyl (C=O) groups is 2. The molecule has 0 atom stereocenters. The van der Waals surface area contributed by atoms with Crippen LogP contribution in [0.1, 0.15) is 33.4 Å². The summed E-state index contributed by atoms with van der Waals surface area (Å²) in [5, 5.41) is 24.3. The maximum atomic E-state index is 12.1. The Morgan fingerprint density at radius 3 is 2.77 bits per heavy atom. The lowest BCUT2D eigenvalue weighted by Crippen LogP contribution is -2.17. The summed E-state index contributed by atoms with van der Waals surface area (Å²) in [7, 11) is 0. The molecule has 0 bridgehead atoms. The zero-order valence-electron chi connectivity index (χ0n) is 16.3. The van der Waals surface area contributed by atoms with Crippen LogP contribution in [-0.2, 0) is 4.74 Å². The van der Waals surface area contributed by atoms with Crippen LogP contribution in [0, 0.1) is 10.1 Å². The number of phenols is 1. The highest BCUT2D eigenvalue weighted by Crippen LogP contribution is 2.24. The van der Waals surface area contributed by atoms with Gasteiger partial charge in [-0.1, -0.05) is 12.1 Å². The summed E-state index contributed by atoms with van der Waals surface area (Å²) in [5.41, 5.74) is 2.57. The van der Waals surface area contributed by atoms with E-state index in [1.54, 1.807) is 43.3 Å². The van der Waals surface area contributed by atoms with Gasteiger partial charge >= 0.3 is 5.97 Å². The number of hydrazone groups is 1. The first-order valence-corrected chi connectivity index (χ1v) is 9.07. The first-order chi connectivity index (χ1) is 14.9. The molecule has 0 saturated carbocycles. The molecule has 158 valence electrons. The Kier molecular flexibility index (Phi) is 6.41. The van der Waals surface area contributed by atoms with Crippen LogP contribution < -0.4 is 5.43 Å². The number of rotatable bonds is 7. The van der Waals surface area contributed by atoms with Crippen LogP contribution in [-0.4, -0.2) is 34.7 Å². The number of ether oxygens (including phenoxy) is 1. The van der Waals surface area contributed by atoms with Crippen LogP contribution in [0.5, 0.6) is 5.75 Å². The Balaban J connectivity index is 1.70. The summed E-state index contributed by atoms with van der Waals surface area (Å²) in [4.78, 5) is 34.1.